The van der Waals surface area contributed by atoms with E-state index >= 15 is 0 Å². The number of ether oxygens (including phenoxy) is 1. The second-order valence-corrected chi connectivity index (χ2v) is 7.86. The van der Waals surface area contributed by atoms with Crippen molar-refractivity contribution < 1.29 is 22.8 Å². The number of sulfonamides is 1. The van der Waals surface area contributed by atoms with Crippen molar-refractivity contribution in [1.29, 1.82) is 0 Å². The topological polar surface area (TPSA) is 93.7 Å². The van der Waals surface area contributed by atoms with E-state index in [2.05, 4.69) is 26.1 Å². The first kappa shape index (κ1) is 18.9. The lowest BCUT2D eigenvalue weighted by molar-refractivity contribution is 0.0390. The molecule has 0 radical (unpaired) electrons. The maximum absolute atomic E-state index is 11.9. The summed E-state index contributed by atoms with van der Waals surface area (Å²) < 4.78 is 29.0. The highest BCUT2D eigenvalue weighted by Crippen LogP contribution is 2.20. The van der Waals surface area contributed by atoms with Gasteiger partial charge in [0.25, 0.3) is 10.0 Å². The predicted molar refractivity (Wildman–Crippen MR) is 84.7 cm³/mol. The lowest BCUT2D eigenvalue weighted by Gasteiger charge is -2.20. The number of carbonyl (C=O) groups excluding carboxylic acids is 1. The average molecular weight is 395 g/mol. The van der Waals surface area contributed by atoms with Gasteiger partial charge in [-0.05, 0) is 53.7 Å². The van der Waals surface area contributed by atoms with Crippen LogP contribution in [0.4, 0.5) is 4.79 Å². The van der Waals surface area contributed by atoms with Crippen LogP contribution in [0, 0.1) is 0 Å². The summed E-state index contributed by atoms with van der Waals surface area (Å²) in [6.07, 6.45) is -1.12. The van der Waals surface area contributed by atoms with Crippen LogP contribution in [-0.2, 0) is 19.6 Å². The molecule has 0 saturated carbocycles. The van der Waals surface area contributed by atoms with Crippen LogP contribution >= 0.6 is 15.9 Å². The smallest absolute Gasteiger partial charge is 0.432 e. The van der Waals surface area contributed by atoms with Crippen molar-refractivity contribution >= 4 is 32.1 Å². The summed E-state index contributed by atoms with van der Waals surface area (Å²) in [6.45, 7) is 6.40. The zero-order valence-electron chi connectivity index (χ0n) is 12.6. The van der Waals surface area contributed by atoms with E-state index in [-0.39, 0.29) is 17.0 Å². The van der Waals surface area contributed by atoms with Gasteiger partial charge in [-0.2, -0.15) is 0 Å². The van der Waals surface area contributed by atoms with Gasteiger partial charge in [0.2, 0.25) is 0 Å². The molecular weight excluding hydrogens is 376 g/mol. The Balaban J connectivity index is 2.42. The van der Waals surface area contributed by atoms with E-state index in [1.54, 1.807) is 23.1 Å². The van der Waals surface area contributed by atoms with Gasteiger partial charge in [0.15, 0.2) is 0 Å². The Morgan fingerprint density at radius 1 is 1.27 bits per heavy atom. The number of hydrogen-bond donors (Lipinski definition) is 2. The van der Waals surface area contributed by atoms with Crippen molar-refractivity contribution in [3.63, 3.8) is 0 Å². The van der Waals surface area contributed by atoms with Crippen molar-refractivity contribution in [2.45, 2.75) is 31.2 Å². The van der Waals surface area contributed by atoms with Crippen LogP contribution in [0.15, 0.2) is 33.6 Å². The van der Waals surface area contributed by atoms with E-state index in [9.17, 15) is 13.2 Å². The molecule has 0 spiro atoms. The van der Waals surface area contributed by atoms with E-state index in [1.807, 2.05) is 20.8 Å². The number of rotatable bonds is 6. The molecule has 9 heteroatoms. The summed E-state index contributed by atoms with van der Waals surface area (Å²) >= 11 is 3.11. The third-order valence-electron chi connectivity index (χ3n) is 2.34. The van der Waals surface area contributed by atoms with E-state index < -0.39 is 16.2 Å². The monoisotopic (exact) mass is 394 g/mol. The fraction of sp³-hybridized carbons (Fsp3) is 0.462. The SMILES string of the molecule is CC(C)(C)NCCOC(=O)ONS(=O)(=O)c1ccccc1Br. The highest BCUT2D eigenvalue weighted by atomic mass is 79.9. The largest absolute Gasteiger partial charge is 0.528 e. The molecule has 0 unspecified atom stereocenters. The number of benzene rings is 1. The molecule has 1 rings (SSSR count). The molecule has 0 atom stereocenters. The summed E-state index contributed by atoms with van der Waals surface area (Å²) in [5.74, 6) is 0. The molecule has 124 valence electrons. The molecule has 0 fully saturated rings. The predicted octanol–water partition coefficient (Wildman–Crippen LogP) is 2.18. The third-order valence-corrected chi connectivity index (χ3v) is 4.53. The fourth-order valence-electron chi connectivity index (χ4n) is 1.39. The molecule has 1 aromatic carbocycles. The van der Waals surface area contributed by atoms with E-state index in [4.69, 9.17) is 4.74 Å². The van der Waals surface area contributed by atoms with Crippen LogP contribution in [0.25, 0.3) is 0 Å². The number of carbonyl (C=O) groups is 1. The molecule has 1 aromatic rings. The molecule has 0 aliphatic heterocycles. The van der Waals surface area contributed by atoms with Gasteiger partial charge >= 0.3 is 6.16 Å². The van der Waals surface area contributed by atoms with E-state index in [0.29, 0.717) is 11.0 Å². The molecule has 0 heterocycles. The molecule has 0 aliphatic rings. The van der Waals surface area contributed by atoms with Crippen molar-refractivity contribution in [3.05, 3.63) is 28.7 Å². The Morgan fingerprint density at radius 3 is 2.50 bits per heavy atom. The first-order valence-corrected chi connectivity index (χ1v) is 8.74. The minimum atomic E-state index is -3.98. The van der Waals surface area contributed by atoms with Gasteiger partial charge < -0.3 is 14.9 Å². The first-order valence-electron chi connectivity index (χ1n) is 6.47. The fourth-order valence-corrected chi connectivity index (χ4v) is 3.16. The summed E-state index contributed by atoms with van der Waals surface area (Å²) in [5, 5.41) is 3.11. The summed E-state index contributed by atoms with van der Waals surface area (Å²) in [5.41, 5.74) is -0.103. The van der Waals surface area contributed by atoms with Gasteiger partial charge in [-0.25, -0.2) is 13.2 Å². The van der Waals surface area contributed by atoms with Crippen molar-refractivity contribution in [1.82, 2.24) is 10.2 Å². The molecule has 0 aromatic heterocycles. The van der Waals surface area contributed by atoms with Gasteiger partial charge in [-0.3, -0.25) is 0 Å². The normalized spacial score (nSPS) is 12.0. The first-order chi connectivity index (χ1) is 10.1. The van der Waals surface area contributed by atoms with Gasteiger partial charge in [-0.1, -0.05) is 12.1 Å². The van der Waals surface area contributed by atoms with Crippen LogP contribution in [0.5, 0.6) is 0 Å². The summed E-state index contributed by atoms with van der Waals surface area (Å²) in [7, 11) is -3.98. The van der Waals surface area contributed by atoms with Crippen molar-refractivity contribution in [3.8, 4) is 0 Å². The molecule has 0 amide bonds. The zero-order valence-corrected chi connectivity index (χ0v) is 15.0. The molecule has 22 heavy (non-hydrogen) atoms. The molecule has 0 saturated heterocycles. The summed E-state index contributed by atoms with van der Waals surface area (Å²) in [6, 6.07) is 6.15. The minimum absolute atomic E-state index is 0.0443. The molecule has 0 aliphatic carbocycles. The second kappa shape index (κ2) is 7.91. The maximum atomic E-state index is 11.9. The number of hydrogen-bond acceptors (Lipinski definition) is 6. The van der Waals surface area contributed by atoms with Crippen molar-refractivity contribution in [2.24, 2.45) is 0 Å². The minimum Gasteiger partial charge on any atom is -0.432 e. The van der Waals surface area contributed by atoms with Crippen LogP contribution in [0.3, 0.4) is 0 Å². The Morgan fingerprint density at radius 2 is 1.91 bits per heavy atom. The van der Waals surface area contributed by atoms with Gasteiger partial charge in [0.05, 0.1) is 4.90 Å². The average Bonchev–Trinajstić information content (AvgIpc) is 2.41. The highest BCUT2D eigenvalue weighted by Gasteiger charge is 2.19. The number of halogens is 1. The molecule has 0 bridgehead atoms. The van der Waals surface area contributed by atoms with Gasteiger partial charge in [0, 0.05) is 16.6 Å². The standard InChI is InChI=1S/C13H19BrN2O5S/c1-13(2,3)15-8-9-20-12(17)21-16-22(18,19)11-7-5-4-6-10(11)14/h4-7,15-16H,8-9H2,1-3H3. The Labute approximate surface area is 138 Å². The lowest BCUT2D eigenvalue weighted by atomic mass is 10.1. The third kappa shape index (κ3) is 6.73. The number of nitrogens with one attached hydrogen (secondary N) is 2. The van der Waals surface area contributed by atoms with E-state index in [0.717, 1.165) is 0 Å². The van der Waals surface area contributed by atoms with Crippen LogP contribution in [-0.4, -0.2) is 33.3 Å². The van der Waals surface area contributed by atoms with Crippen molar-refractivity contribution in [2.75, 3.05) is 13.2 Å². The molecular formula is C13H19BrN2O5S. The van der Waals surface area contributed by atoms with Gasteiger partial charge in [0.1, 0.15) is 6.61 Å². The lowest BCUT2D eigenvalue weighted by Crippen LogP contribution is -2.38. The van der Waals surface area contributed by atoms with Gasteiger partial charge in [-0.15, -0.1) is 0 Å². The molecule has 2 N–H and O–H groups in total. The quantitative estimate of drug-likeness (QED) is 0.436. The Bertz CT molecular complexity index is 613. The Hall–Kier alpha value is -1.16. The van der Waals surface area contributed by atoms with Crippen LogP contribution < -0.4 is 10.2 Å². The second-order valence-electron chi connectivity index (χ2n) is 5.39. The summed E-state index contributed by atoms with van der Waals surface area (Å²) in [4.78, 5) is 17.4. The zero-order chi connectivity index (χ0) is 16.8. The maximum Gasteiger partial charge on any atom is 0.528 e. The van der Waals surface area contributed by atoms with E-state index in [1.165, 1.54) is 6.07 Å². The highest BCUT2D eigenvalue weighted by molar-refractivity contribution is 9.10. The van der Waals surface area contributed by atoms with Crippen LogP contribution in [0.1, 0.15) is 20.8 Å². The Kier molecular flexibility index (Phi) is 6.79. The molecule has 7 nitrogen and oxygen atoms in total. The van der Waals surface area contributed by atoms with Crippen LogP contribution in [0.2, 0.25) is 0 Å².